The minimum atomic E-state index is 0.520. The highest BCUT2D eigenvalue weighted by Crippen LogP contribution is 2.47. The van der Waals surface area contributed by atoms with E-state index in [2.05, 4.69) is 127 Å². The Labute approximate surface area is 250 Å². The highest BCUT2D eigenvalue weighted by Gasteiger charge is 2.20. The molecule has 200 valence electrons. The lowest BCUT2D eigenvalue weighted by molar-refractivity contribution is 0.669. The van der Waals surface area contributed by atoms with Crippen molar-refractivity contribution < 1.29 is 5.79 Å². The van der Waals surface area contributed by atoms with Gasteiger partial charge in [0.15, 0.2) is 0 Å². The van der Waals surface area contributed by atoms with Crippen molar-refractivity contribution >= 4 is 54.3 Å². The summed E-state index contributed by atoms with van der Waals surface area (Å²) >= 11 is 0. The third kappa shape index (κ3) is 3.72. The Morgan fingerprint density at radius 3 is 1.70 bits per heavy atom. The molecule has 8 aromatic carbocycles. The lowest BCUT2D eigenvalue weighted by Crippen LogP contribution is -1.91. The monoisotopic (exact) mass is 547 g/mol. The maximum atomic E-state index is 7.92. The van der Waals surface area contributed by atoms with Gasteiger partial charge in [-0.2, -0.15) is 0 Å². The Hall–Kier alpha value is -5.66. The molecule has 0 saturated carbocycles. The highest BCUT2D eigenvalue weighted by atomic mass is 16.3. The maximum absolute atomic E-state index is 7.92. The number of furan rings is 1. The van der Waals surface area contributed by atoms with Crippen LogP contribution in [0.25, 0.3) is 87.6 Å². The van der Waals surface area contributed by atoms with E-state index in [1.165, 1.54) is 54.6 Å². The van der Waals surface area contributed by atoms with Gasteiger partial charge in [-0.05, 0) is 90.0 Å². The third-order valence-electron chi connectivity index (χ3n) is 8.77. The van der Waals surface area contributed by atoms with Crippen LogP contribution in [0.3, 0.4) is 0 Å². The second kappa shape index (κ2) is 9.44. The van der Waals surface area contributed by atoms with Gasteiger partial charge >= 0.3 is 0 Å². The molecule has 0 unspecified atom stereocenters. The summed E-state index contributed by atoms with van der Waals surface area (Å²) in [4.78, 5) is 0. The normalized spacial score (nSPS) is 12.0. The first-order valence-electron chi connectivity index (χ1n) is 15.2. The molecule has 1 heteroatoms. The van der Waals surface area contributed by atoms with Crippen molar-refractivity contribution in [1.82, 2.24) is 0 Å². The minimum Gasteiger partial charge on any atom is -0.456 e. The van der Waals surface area contributed by atoms with Gasteiger partial charge in [-0.1, -0.05) is 133 Å². The van der Waals surface area contributed by atoms with Gasteiger partial charge in [0.2, 0.25) is 0 Å². The molecule has 0 bridgehead atoms. The quantitative estimate of drug-likeness (QED) is 0.201. The Bertz CT molecular complexity index is 2500. The summed E-state index contributed by atoms with van der Waals surface area (Å²) < 4.78 is 14.4. The zero-order valence-electron chi connectivity index (χ0n) is 24.3. The van der Waals surface area contributed by atoms with E-state index < -0.39 is 0 Å². The van der Waals surface area contributed by atoms with Crippen molar-refractivity contribution in [2.45, 2.75) is 0 Å². The van der Waals surface area contributed by atoms with E-state index in [0.717, 1.165) is 33.1 Å². The van der Waals surface area contributed by atoms with Gasteiger partial charge in [-0.25, -0.2) is 0 Å². The molecule has 1 nitrogen and oxygen atoms in total. The number of benzene rings is 8. The van der Waals surface area contributed by atoms with Crippen molar-refractivity contribution in [2.24, 2.45) is 0 Å². The van der Waals surface area contributed by atoms with Gasteiger partial charge in [0.1, 0.15) is 11.2 Å². The van der Waals surface area contributed by atoms with Crippen molar-refractivity contribution in [3.63, 3.8) is 0 Å². The van der Waals surface area contributed by atoms with Gasteiger partial charge in [0, 0.05) is 10.8 Å². The van der Waals surface area contributed by atoms with Crippen LogP contribution in [0.2, 0.25) is 0 Å². The highest BCUT2D eigenvalue weighted by molar-refractivity contribution is 6.26. The lowest BCUT2D eigenvalue weighted by Gasteiger charge is -2.18. The van der Waals surface area contributed by atoms with E-state index in [1.54, 1.807) is 0 Å². The molecule has 0 aliphatic rings. The number of hydrogen-bond acceptors (Lipinski definition) is 1. The predicted octanol–water partition coefficient (Wildman–Crippen LogP) is 12.0. The average Bonchev–Trinajstić information content (AvgIpc) is 3.44. The van der Waals surface area contributed by atoms with Gasteiger partial charge in [0.25, 0.3) is 0 Å². The fourth-order valence-electron chi connectivity index (χ4n) is 6.88. The number of hydrogen-bond donors (Lipinski definition) is 0. The van der Waals surface area contributed by atoms with Crippen LogP contribution in [-0.2, 0) is 0 Å². The van der Waals surface area contributed by atoms with Crippen LogP contribution in [0, 0.1) is 0 Å². The fourth-order valence-corrected chi connectivity index (χ4v) is 6.88. The lowest BCUT2D eigenvalue weighted by atomic mass is 9.84. The molecule has 9 aromatic rings. The third-order valence-corrected chi connectivity index (χ3v) is 8.77. The standard InChI is InChI=1S/C42H26O/c1-2-12-27(13-3-1)28-16-10-17-31(24-28)40-32-18-6-8-20-34(32)41(35-21-9-7-19-33(35)40)36-22-11-23-38-42(36)37-25-29-14-4-5-15-30(29)26-39(37)43-38/h1-26H/i1D. The molecule has 0 saturated heterocycles. The molecular weight excluding hydrogens is 520 g/mol. The van der Waals surface area contributed by atoms with E-state index in [9.17, 15) is 0 Å². The van der Waals surface area contributed by atoms with Gasteiger partial charge < -0.3 is 4.42 Å². The van der Waals surface area contributed by atoms with Crippen molar-refractivity contribution in [3.8, 4) is 33.4 Å². The summed E-state index contributed by atoms with van der Waals surface area (Å²) in [5.74, 6) is 0. The predicted molar refractivity (Wildman–Crippen MR) is 183 cm³/mol. The van der Waals surface area contributed by atoms with E-state index in [-0.39, 0.29) is 0 Å². The summed E-state index contributed by atoms with van der Waals surface area (Å²) in [7, 11) is 0. The first kappa shape index (κ1) is 23.0. The molecule has 1 heterocycles. The minimum absolute atomic E-state index is 0.520. The van der Waals surface area contributed by atoms with Crippen LogP contribution in [0.15, 0.2) is 162 Å². The van der Waals surface area contributed by atoms with Crippen molar-refractivity contribution in [2.75, 3.05) is 0 Å². The van der Waals surface area contributed by atoms with E-state index in [0.29, 0.717) is 6.04 Å². The molecule has 0 amide bonds. The second-order valence-corrected chi connectivity index (χ2v) is 11.2. The smallest absolute Gasteiger partial charge is 0.136 e. The van der Waals surface area contributed by atoms with Crippen LogP contribution in [0.1, 0.15) is 1.37 Å². The van der Waals surface area contributed by atoms with Crippen LogP contribution < -0.4 is 0 Å². The molecule has 9 rings (SSSR count). The zero-order chi connectivity index (χ0) is 29.2. The van der Waals surface area contributed by atoms with E-state index >= 15 is 0 Å². The first-order valence-corrected chi connectivity index (χ1v) is 14.7. The fraction of sp³-hybridized carbons (Fsp3) is 0. The van der Waals surface area contributed by atoms with E-state index in [4.69, 9.17) is 5.79 Å². The molecule has 0 atom stereocenters. The number of rotatable bonds is 3. The second-order valence-electron chi connectivity index (χ2n) is 11.2. The SMILES string of the molecule is [2H]c1ccc(-c2cccc(-c3c4ccccc4c(-c4cccc5oc6cc7ccccc7cc6c45)c4ccccc34)c2)cc1. The summed E-state index contributed by atoms with van der Waals surface area (Å²) in [5.41, 5.74) is 8.87. The van der Waals surface area contributed by atoms with Crippen LogP contribution in [0.4, 0.5) is 0 Å². The molecule has 0 radical (unpaired) electrons. The van der Waals surface area contributed by atoms with Gasteiger partial charge in [-0.15, -0.1) is 0 Å². The molecule has 43 heavy (non-hydrogen) atoms. The van der Waals surface area contributed by atoms with Crippen LogP contribution in [0.5, 0.6) is 0 Å². The largest absolute Gasteiger partial charge is 0.456 e. The summed E-state index contributed by atoms with van der Waals surface area (Å²) in [6.45, 7) is 0. The van der Waals surface area contributed by atoms with Gasteiger partial charge in [-0.3, -0.25) is 0 Å². The Morgan fingerprint density at radius 2 is 0.977 bits per heavy atom. The molecule has 0 N–H and O–H groups in total. The van der Waals surface area contributed by atoms with E-state index in [1.807, 2.05) is 24.3 Å². The topological polar surface area (TPSA) is 13.1 Å². The Kier molecular flexibility index (Phi) is 5.04. The van der Waals surface area contributed by atoms with Crippen LogP contribution >= 0.6 is 0 Å². The first-order chi connectivity index (χ1) is 21.7. The average molecular weight is 548 g/mol. The molecule has 0 fully saturated rings. The molecule has 1 aromatic heterocycles. The summed E-state index contributed by atoms with van der Waals surface area (Å²) in [6, 6.07) is 54.0. The van der Waals surface area contributed by atoms with Crippen molar-refractivity contribution in [1.29, 1.82) is 0 Å². The number of fused-ring (bicyclic) bond motifs is 6. The molecular formula is C42H26O. The van der Waals surface area contributed by atoms with Gasteiger partial charge in [0.05, 0.1) is 1.37 Å². The molecule has 0 spiro atoms. The summed E-state index contributed by atoms with van der Waals surface area (Å²) in [6.07, 6.45) is 0. The Morgan fingerprint density at radius 1 is 0.395 bits per heavy atom. The molecule has 0 aliphatic carbocycles. The molecule has 0 aliphatic heterocycles. The summed E-state index contributed by atoms with van der Waals surface area (Å²) in [5, 5.41) is 9.54. The zero-order valence-corrected chi connectivity index (χ0v) is 23.3. The maximum Gasteiger partial charge on any atom is 0.136 e. The Balaban J connectivity index is 1.37. The van der Waals surface area contributed by atoms with Crippen molar-refractivity contribution in [3.05, 3.63) is 158 Å². The van der Waals surface area contributed by atoms with Crippen LogP contribution in [-0.4, -0.2) is 0 Å².